The Labute approximate surface area is 173 Å². The first-order valence-electron chi connectivity index (χ1n) is 9.97. The zero-order chi connectivity index (χ0) is 22.3. The molecular formula is C21H27F3N2O4. The maximum atomic E-state index is 13.1. The highest BCUT2D eigenvalue weighted by atomic mass is 19.4. The number of alkyl halides is 3. The predicted molar refractivity (Wildman–Crippen MR) is 103 cm³/mol. The normalized spacial score (nSPS) is 22.5. The summed E-state index contributed by atoms with van der Waals surface area (Å²) in [6.45, 7) is 8.01. The summed E-state index contributed by atoms with van der Waals surface area (Å²) >= 11 is 0. The SMILES string of the molecule is C[C@H]1c2ccc(C(F)(F)F)cc2CCN1C(=O)[C@H]1CN(C(=O)OC(C)(C)C)CCO1. The van der Waals surface area contributed by atoms with Gasteiger partial charge in [0.1, 0.15) is 5.60 Å². The van der Waals surface area contributed by atoms with E-state index in [4.69, 9.17) is 9.47 Å². The molecule has 0 saturated carbocycles. The Kier molecular flexibility index (Phi) is 6.04. The molecule has 9 heteroatoms. The molecule has 0 aromatic heterocycles. The monoisotopic (exact) mass is 428 g/mol. The lowest BCUT2D eigenvalue weighted by Gasteiger charge is -2.40. The number of rotatable bonds is 1. The van der Waals surface area contributed by atoms with Gasteiger partial charge in [0.05, 0.1) is 24.8 Å². The summed E-state index contributed by atoms with van der Waals surface area (Å²) in [6.07, 6.45) is -5.39. The average molecular weight is 428 g/mol. The van der Waals surface area contributed by atoms with E-state index in [1.807, 2.05) is 0 Å². The molecule has 0 bridgehead atoms. The van der Waals surface area contributed by atoms with Gasteiger partial charge in [-0.3, -0.25) is 4.79 Å². The lowest BCUT2D eigenvalue weighted by atomic mass is 9.91. The van der Waals surface area contributed by atoms with Crippen LogP contribution in [0.5, 0.6) is 0 Å². The molecule has 3 rings (SSSR count). The van der Waals surface area contributed by atoms with E-state index in [0.717, 1.165) is 12.1 Å². The molecule has 1 saturated heterocycles. The Bertz CT molecular complexity index is 819. The largest absolute Gasteiger partial charge is 0.444 e. The minimum absolute atomic E-state index is 0.0802. The van der Waals surface area contributed by atoms with Crippen molar-refractivity contribution in [3.8, 4) is 0 Å². The van der Waals surface area contributed by atoms with Gasteiger partial charge in [-0.15, -0.1) is 0 Å². The number of hydrogen-bond acceptors (Lipinski definition) is 4. The standard InChI is InChI=1S/C21H27F3N2O4/c1-13-16-6-5-15(21(22,23)24)11-14(16)7-8-26(13)18(27)17-12-25(9-10-29-17)19(28)30-20(2,3)4/h5-6,11,13,17H,7-10,12H2,1-4H3/t13-,17+/m0/s1. The summed E-state index contributed by atoms with van der Waals surface area (Å²) in [7, 11) is 0. The van der Waals surface area contributed by atoms with E-state index in [9.17, 15) is 22.8 Å². The topological polar surface area (TPSA) is 59.1 Å². The van der Waals surface area contributed by atoms with Crippen molar-refractivity contribution in [3.05, 3.63) is 34.9 Å². The highest BCUT2D eigenvalue weighted by molar-refractivity contribution is 5.83. The number of carbonyl (C=O) groups is 2. The molecule has 0 N–H and O–H groups in total. The first kappa shape index (κ1) is 22.4. The summed E-state index contributed by atoms with van der Waals surface area (Å²) in [5, 5.41) is 0. The van der Waals surface area contributed by atoms with E-state index < -0.39 is 29.5 Å². The maximum Gasteiger partial charge on any atom is 0.416 e. The highest BCUT2D eigenvalue weighted by Crippen LogP contribution is 2.36. The van der Waals surface area contributed by atoms with Gasteiger partial charge in [0.15, 0.2) is 6.10 Å². The third-order valence-corrected chi connectivity index (χ3v) is 5.29. The molecule has 2 amide bonds. The van der Waals surface area contributed by atoms with Gasteiger partial charge in [-0.1, -0.05) is 6.07 Å². The maximum absolute atomic E-state index is 13.1. The summed E-state index contributed by atoms with van der Waals surface area (Å²) in [6, 6.07) is 3.26. The first-order valence-corrected chi connectivity index (χ1v) is 9.97. The number of ether oxygens (including phenoxy) is 2. The molecule has 1 fully saturated rings. The van der Waals surface area contributed by atoms with Crippen LogP contribution in [0.3, 0.4) is 0 Å². The highest BCUT2D eigenvalue weighted by Gasteiger charge is 2.38. The Morgan fingerprint density at radius 2 is 1.87 bits per heavy atom. The Morgan fingerprint density at radius 3 is 2.50 bits per heavy atom. The third kappa shape index (κ3) is 4.88. The second kappa shape index (κ2) is 8.09. The van der Waals surface area contributed by atoms with E-state index in [0.29, 0.717) is 30.6 Å². The molecule has 0 spiro atoms. The van der Waals surface area contributed by atoms with Crippen LogP contribution < -0.4 is 0 Å². The van der Waals surface area contributed by atoms with E-state index in [1.54, 1.807) is 32.6 Å². The van der Waals surface area contributed by atoms with E-state index in [-0.39, 0.29) is 25.1 Å². The van der Waals surface area contributed by atoms with Crippen LogP contribution in [0, 0.1) is 0 Å². The van der Waals surface area contributed by atoms with Crippen molar-refractivity contribution >= 4 is 12.0 Å². The van der Waals surface area contributed by atoms with Crippen LogP contribution in [0.2, 0.25) is 0 Å². The van der Waals surface area contributed by atoms with Crippen LogP contribution in [0.1, 0.15) is 50.4 Å². The van der Waals surface area contributed by atoms with Gasteiger partial charge < -0.3 is 19.3 Å². The van der Waals surface area contributed by atoms with Gasteiger partial charge in [0.2, 0.25) is 0 Å². The molecule has 2 atom stereocenters. The van der Waals surface area contributed by atoms with Crippen LogP contribution in [-0.2, 0) is 26.9 Å². The van der Waals surface area contributed by atoms with Crippen molar-refractivity contribution < 1.29 is 32.2 Å². The molecule has 6 nitrogen and oxygen atoms in total. The van der Waals surface area contributed by atoms with Crippen molar-refractivity contribution in [2.75, 3.05) is 26.2 Å². The summed E-state index contributed by atoms with van der Waals surface area (Å²) < 4.78 is 49.9. The number of nitrogens with zero attached hydrogens (tertiary/aromatic N) is 2. The molecule has 166 valence electrons. The molecule has 1 aromatic rings. The molecule has 2 aliphatic rings. The molecule has 2 aliphatic heterocycles. The predicted octanol–water partition coefficient (Wildman–Crippen LogP) is 3.79. The van der Waals surface area contributed by atoms with Crippen LogP contribution >= 0.6 is 0 Å². The van der Waals surface area contributed by atoms with Gasteiger partial charge in [-0.05, 0) is 57.4 Å². The third-order valence-electron chi connectivity index (χ3n) is 5.29. The van der Waals surface area contributed by atoms with Gasteiger partial charge in [-0.2, -0.15) is 13.2 Å². The Morgan fingerprint density at radius 1 is 1.17 bits per heavy atom. The van der Waals surface area contributed by atoms with E-state index in [1.165, 1.54) is 11.0 Å². The molecular weight excluding hydrogens is 401 g/mol. The number of halogens is 3. The van der Waals surface area contributed by atoms with Crippen LogP contribution in [0.25, 0.3) is 0 Å². The Balaban J connectivity index is 1.71. The number of morpholine rings is 1. The second-order valence-corrected chi connectivity index (χ2v) is 8.65. The quantitative estimate of drug-likeness (QED) is 0.683. The first-order chi connectivity index (χ1) is 13.9. The van der Waals surface area contributed by atoms with Crippen molar-refractivity contribution in [3.63, 3.8) is 0 Å². The van der Waals surface area contributed by atoms with Crippen molar-refractivity contribution in [1.29, 1.82) is 0 Å². The number of benzene rings is 1. The summed E-state index contributed by atoms with van der Waals surface area (Å²) in [4.78, 5) is 28.5. The van der Waals surface area contributed by atoms with Gasteiger partial charge in [0, 0.05) is 13.1 Å². The fourth-order valence-corrected chi connectivity index (χ4v) is 3.79. The van der Waals surface area contributed by atoms with E-state index in [2.05, 4.69) is 0 Å². The fraction of sp³-hybridized carbons (Fsp3) is 0.619. The van der Waals surface area contributed by atoms with Crippen LogP contribution in [0.15, 0.2) is 18.2 Å². The molecule has 30 heavy (non-hydrogen) atoms. The summed E-state index contributed by atoms with van der Waals surface area (Å²) in [5.74, 6) is -0.277. The number of amides is 2. The van der Waals surface area contributed by atoms with Crippen LogP contribution in [-0.4, -0.2) is 59.7 Å². The van der Waals surface area contributed by atoms with Gasteiger partial charge in [0.25, 0.3) is 5.91 Å². The minimum Gasteiger partial charge on any atom is -0.444 e. The van der Waals surface area contributed by atoms with Gasteiger partial charge in [-0.25, -0.2) is 4.79 Å². The van der Waals surface area contributed by atoms with Gasteiger partial charge >= 0.3 is 12.3 Å². The molecule has 1 aromatic carbocycles. The second-order valence-electron chi connectivity index (χ2n) is 8.65. The smallest absolute Gasteiger partial charge is 0.416 e. The van der Waals surface area contributed by atoms with Crippen molar-refractivity contribution in [2.24, 2.45) is 0 Å². The molecule has 2 heterocycles. The summed E-state index contributed by atoms with van der Waals surface area (Å²) in [5.41, 5.74) is -0.0320. The zero-order valence-corrected chi connectivity index (χ0v) is 17.6. The fourth-order valence-electron chi connectivity index (χ4n) is 3.79. The number of hydrogen-bond donors (Lipinski definition) is 0. The number of carbonyl (C=O) groups excluding carboxylic acids is 2. The average Bonchev–Trinajstić information content (AvgIpc) is 2.65. The van der Waals surface area contributed by atoms with E-state index >= 15 is 0 Å². The number of fused-ring (bicyclic) bond motifs is 1. The van der Waals surface area contributed by atoms with Crippen molar-refractivity contribution in [1.82, 2.24) is 9.80 Å². The molecule has 0 unspecified atom stereocenters. The lowest BCUT2D eigenvalue weighted by molar-refractivity contribution is -0.151. The molecule has 0 aliphatic carbocycles. The lowest BCUT2D eigenvalue weighted by Crippen LogP contribution is -2.54. The van der Waals surface area contributed by atoms with Crippen molar-refractivity contribution in [2.45, 2.75) is 58.0 Å². The zero-order valence-electron chi connectivity index (χ0n) is 17.6. The van der Waals surface area contributed by atoms with Crippen LogP contribution in [0.4, 0.5) is 18.0 Å². The molecule has 0 radical (unpaired) electrons. The minimum atomic E-state index is -4.40. The Hall–Kier alpha value is -2.29.